The first kappa shape index (κ1) is 17.2. The molecule has 3 nitrogen and oxygen atoms in total. The minimum atomic E-state index is -0.488. The number of aliphatic hydroxyl groups excluding tert-OH is 1. The van der Waals surface area contributed by atoms with Crippen LogP contribution in [0.15, 0.2) is 18.2 Å². The Kier molecular flexibility index (Phi) is 5.92. The minimum Gasteiger partial charge on any atom is -0.384 e. The maximum atomic E-state index is 13.4. The Labute approximate surface area is 125 Å². The molecule has 0 aromatic heterocycles. The summed E-state index contributed by atoms with van der Waals surface area (Å²) in [6.45, 7) is 8.50. The van der Waals surface area contributed by atoms with Crippen LogP contribution >= 0.6 is 0 Å². The van der Waals surface area contributed by atoms with Gasteiger partial charge in [0.15, 0.2) is 0 Å². The van der Waals surface area contributed by atoms with Gasteiger partial charge in [-0.3, -0.25) is 4.79 Å². The molecule has 114 valence electrons. The molecule has 0 unspecified atom stereocenters. The first-order valence-electron chi connectivity index (χ1n) is 6.95. The molecule has 0 saturated carbocycles. The Morgan fingerprint density at radius 1 is 1.43 bits per heavy atom. The van der Waals surface area contributed by atoms with Crippen molar-refractivity contribution in [2.75, 3.05) is 13.2 Å². The van der Waals surface area contributed by atoms with Gasteiger partial charge in [-0.05, 0) is 29.5 Å². The molecule has 0 atom stereocenters. The lowest BCUT2D eigenvalue weighted by Crippen LogP contribution is -2.37. The first-order valence-corrected chi connectivity index (χ1v) is 6.95. The zero-order valence-electron chi connectivity index (χ0n) is 13.0. The normalized spacial score (nSPS) is 11.0. The van der Waals surface area contributed by atoms with Crippen molar-refractivity contribution in [3.05, 3.63) is 35.1 Å². The van der Waals surface area contributed by atoms with E-state index in [9.17, 15) is 9.18 Å². The Morgan fingerprint density at radius 3 is 2.67 bits per heavy atom. The summed E-state index contributed by atoms with van der Waals surface area (Å²) in [7, 11) is 0. The Balaban J connectivity index is 2.94. The van der Waals surface area contributed by atoms with Crippen LogP contribution in [0.25, 0.3) is 0 Å². The van der Waals surface area contributed by atoms with Crippen LogP contribution in [0, 0.1) is 29.0 Å². The number of benzene rings is 1. The predicted octanol–water partition coefficient (Wildman–Crippen LogP) is 2.58. The van der Waals surface area contributed by atoms with Gasteiger partial charge in [-0.2, -0.15) is 0 Å². The Morgan fingerprint density at radius 2 is 2.10 bits per heavy atom. The summed E-state index contributed by atoms with van der Waals surface area (Å²) in [4.78, 5) is 12.2. The lowest BCUT2D eigenvalue weighted by atomic mass is 9.81. The lowest BCUT2D eigenvalue weighted by Gasteiger charge is -2.29. The number of rotatable bonds is 4. The summed E-state index contributed by atoms with van der Waals surface area (Å²) in [5.74, 6) is 4.69. The molecule has 1 aromatic carbocycles. The second-order valence-electron chi connectivity index (χ2n) is 5.98. The molecule has 4 heteroatoms. The van der Waals surface area contributed by atoms with E-state index >= 15 is 0 Å². The zero-order valence-corrected chi connectivity index (χ0v) is 13.0. The fourth-order valence-corrected chi connectivity index (χ4v) is 1.56. The van der Waals surface area contributed by atoms with Crippen molar-refractivity contribution >= 4 is 5.91 Å². The van der Waals surface area contributed by atoms with E-state index < -0.39 is 5.82 Å². The van der Waals surface area contributed by atoms with Gasteiger partial charge in [0.2, 0.25) is 0 Å². The van der Waals surface area contributed by atoms with E-state index in [1.807, 2.05) is 0 Å². The van der Waals surface area contributed by atoms with Gasteiger partial charge in [-0.15, -0.1) is 0 Å². The van der Waals surface area contributed by atoms with Crippen LogP contribution in [0.3, 0.4) is 0 Å². The molecule has 2 N–H and O–H groups in total. The van der Waals surface area contributed by atoms with Gasteiger partial charge in [-0.1, -0.05) is 39.5 Å². The smallest absolute Gasteiger partial charge is 0.252 e. The number of nitrogens with one attached hydrogen (secondary N) is 1. The maximum Gasteiger partial charge on any atom is 0.252 e. The first-order chi connectivity index (χ1) is 9.77. The summed E-state index contributed by atoms with van der Waals surface area (Å²) in [6, 6.07) is 3.86. The maximum absolute atomic E-state index is 13.4. The molecule has 1 rings (SSSR count). The molecule has 0 saturated heterocycles. The third kappa shape index (κ3) is 4.87. The highest BCUT2D eigenvalue weighted by Gasteiger charge is 2.23. The molecular weight excluding hydrogens is 269 g/mol. The second-order valence-corrected chi connectivity index (χ2v) is 5.98. The predicted molar refractivity (Wildman–Crippen MR) is 81.3 cm³/mol. The molecule has 0 aliphatic carbocycles. The van der Waals surface area contributed by atoms with E-state index in [1.165, 1.54) is 18.2 Å². The average Bonchev–Trinajstić information content (AvgIpc) is 2.43. The Bertz CT molecular complexity index is 568. The number of carbonyl (C=O) groups excluding carboxylic acids is 1. The molecule has 21 heavy (non-hydrogen) atoms. The number of hydrogen-bond donors (Lipinski definition) is 2. The van der Waals surface area contributed by atoms with Crippen molar-refractivity contribution in [1.29, 1.82) is 0 Å². The number of amides is 1. The van der Waals surface area contributed by atoms with Crippen LogP contribution in [0.1, 0.15) is 43.6 Å². The van der Waals surface area contributed by atoms with Gasteiger partial charge < -0.3 is 10.4 Å². The minimum absolute atomic E-state index is 0.0556. The molecule has 0 heterocycles. The summed E-state index contributed by atoms with van der Waals surface area (Å²) < 4.78 is 13.4. The van der Waals surface area contributed by atoms with E-state index in [0.29, 0.717) is 18.0 Å². The fraction of sp³-hybridized carbons (Fsp3) is 0.471. The SMILES string of the molecule is CC(C)C(C)(C)CNC(=O)c1cc(F)ccc1C#CCO. The number of carbonyl (C=O) groups is 1. The van der Waals surface area contributed by atoms with Crippen LogP contribution in [-0.4, -0.2) is 24.2 Å². The van der Waals surface area contributed by atoms with E-state index in [4.69, 9.17) is 5.11 Å². The average molecular weight is 291 g/mol. The van der Waals surface area contributed by atoms with E-state index in [0.717, 1.165) is 0 Å². The Hall–Kier alpha value is -1.86. The van der Waals surface area contributed by atoms with Crippen LogP contribution in [0.4, 0.5) is 4.39 Å². The van der Waals surface area contributed by atoms with Crippen LogP contribution < -0.4 is 5.32 Å². The third-order valence-corrected chi connectivity index (χ3v) is 3.80. The standard InChI is InChI=1S/C17H22FNO2/c1-12(2)17(3,4)11-19-16(21)15-10-14(18)8-7-13(15)6-5-9-20/h7-8,10,12,20H,9,11H2,1-4H3,(H,19,21). The van der Waals surface area contributed by atoms with Crippen LogP contribution in [0.2, 0.25) is 0 Å². The highest BCUT2D eigenvalue weighted by Crippen LogP contribution is 2.24. The highest BCUT2D eigenvalue weighted by atomic mass is 19.1. The van der Waals surface area contributed by atoms with Crippen LogP contribution in [-0.2, 0) is 0 Å². The molecule has 0 bridgehead atoms. The topological polar surface area (TPSA) is 49.3 Å². The summed E-state index contributed by atoms with van der Waals surface area (Å²) in [6.07, 6.45) is 0. The quantitative estimate of drug-likeness (QED) is 0.838. The summed E-state index contributed by atoms with van der Waals surface area (Å²) in [5.41, 5.74) is 0.542. The van der Waals surface area contributed by atoms with Gasteiger partial charge in [0.1, 0.15) is 12.4 Å². The molecule has 1 aromatic rings. The molecule has 0 aliphatic rings. The van der Waals surface area contributed by atoms with Crippen molar-refractivity contribution < 1.29 is 14.3 Å². The third-order valence-electron chi connectivity index (χ3n) is 3.80. The number of hydrogen-bond acceptors (Lipinski definition) is 2. The summed E-state index contributed by atoms with van der Waals surface area (Å²) in [5, 5.41) is 11.6. The molecule has 0 radical (unpaired) electrons. The second kappa shape index (κ2) is 7.24. The summed E-state index contributed by atoms with van der Waals surface area (Å²) >= 11 is 0. The van der Waals surface area contributed by atoms with Crippen molar-refractivity contribution in [2.24, 2.45) is 11.3 Å². The van der Waals surface area contributed by atoms with E-state index in [1.54, 1.807) is 0 Å². The molecular formula is C17H22FNO2. The van der Waals surface area contributed by atoms with Gasteiger partial charge in [0.05, 0.1) is 5.56 Å². The number of halogens is 1. The van der Waals surface area contributed by atoms with E-state index in [2.05, 4.69) is 44.9 Å². The van der Waals surface area contributed by atoms with Crippen molar-refractivity contribution in [3.63, 3.8) is 0 Å². The molecule has 0 spiro atoms. The van der Waals surface area contributed by atoms with Gasteiger partial charge in [0.25, 0.3) is 5.91 Å². The molecule has 1 amide bonds. The van der Waals surface area contributed by atoms with Crippen molar-refractivity contribution in [1.82, 2.24) is 5.32 Å². The van der Waals surface area contributed by atoms with Crippen LogP contribution in [0.5, 0.6) is 0 Å². The number of aliphatic hydroxyl groups is 1. The van der Waals surface area contributed by atoms with Crippen molar-refractivity contribution in [3.8, 4) is 11.8 Å². The monoisotopic (exact) mass is 291 g/mol. The van der Waals surface area contributed by atoms with Gasteiger partial charge >= 0.3 is 0 Å². The zero-order chi connectivity index (χ0) is 16.0. The lowest BCUT2D eigenvalue weighted by molar-refractivity contribution is 0.0924. The van der Waals surface area contributed by atoms with E-state index in [-0.39, 0.29) is 23.5 Å². The molecule has 0 fully saturated rings. The molecule has 0 aliphatic heterocycles. The van der Waals surface area contributed by atoms with Crippen molar-refractivity contribution in [2.45, 2.75) is 27.7 Å². The largest absolute Gasteiger partial charge is 0.384 e. The fourth-order valence-electron chi connectivity index (χ4n) is 1.56. The van der Waals surface area contributed by atoms with Gasteiger partial charge in [0, 0.05) is 12.1 Å². The highest BCUT2D eigenvalue weighted by molar-refractivity contribution is 5.96. The van der Waals surface area contributed by atoms with Gasteiger partial charge in [-0.25, -0.2) is 4.39 Å².